The van der Waals surface area contributed by atoms with Crippen molar-refractivity contribution in [1.29, 1.82) is 0 Å². The molecule has 0 saturated carbocycles. The minimum absolute atomic E-state index is 0.0748. The molecular weight excluding hydrogens is 362 g/mol. The monoisotopic (exact) mass is 372 g/mol. The van der Waals surface area contributed by atoms with Crippen molar-refractivity contribution in [2.75, 3.05) is 5.32 Å². The van der Waals surface area contributed by atoms with Gasteiger partial charge in [-0.2, -0.15) is 4.39 Å². The third-order valence-electron chi connectivity index (χ3n) is 2.98. The summed E-state index contributed by atoms with van der Waals surface area (Å²) in [5, 5.41) is 13.8. The third kappa shape index (κ3) is 4.33. The molecule has 9 heteroatoms. The van der Waals surface area contributed by atoms with E-state index in [-0.39, 0.29) is 16.5 Å². The molecule has 0 aliphatic carbocycles. The highest BCUT2D eigenvalue weighted by Gasteiger charge is 2.19. The predicted molar refractivity (Wildman–Crippen MR) is 88.2 cm³/mol. The van der Waals surface area contributed by atoms with Gasteiger partial charge in [-0.3, -0.25) is 14.9 Å². The minimum atomic E-state index is -0.991. The summed E-state index contributed by atoms with van der Waals surface area (Å²) in [5.74, 6) is -1.31. The van der Waals surface area contributed by atoms with Gasteiger partial charge < -0.3 is 10.1 Å². The molecule has 2 rings (SSSR count). The largest absolute Gasteiger partial charge is 0.479 e. The normalized spacial score (nSPS) is 11.7. The number of rotatable bonds is 5. The first-order chi connectivity index (χ1) is 11.3. The molecule has 0 unspecified atom stereocenters. The summed E-state index contributed by atoms with van der Waals surface area (Å²) in [6.07, 6.45) is -0.951. The number of hydrogen-bond acceptors (Lipinski definition) is 4. The van der Waals surface area contributed by atoms with Crippen LogP contribution in [0.5, 0.6) is 5.75 Å². The van der Waals surface area contributed by atoms with Gasteiger partial charge in [-0.05, 0) is 37.3 Å². The fraction of sp³-hybridized carbons (Fsp3) is 0.133. The van der Waals surface area contributed by atoms with E-state index in [0.29, 0.717) is 5.02 Å². The molecule has 6 nitrogen and oxygen atoms in total. The summed E-state index contributed by atoms with van der Waals surface area (Å²) in [6.45, 7) is 1.47. The third-order valence-corrected chi connectivity index (χ3v) is 3.51. The highest BCUT2D eigenvalue weighted by Crippen LogP contribution is 2.28. The maximum Gasteiger partial charge on any atom is 0.306 e. The molecule has 0 heterocycles. The smallest absolute Gasteiger partial charge is 0.306 e. The lowest BCUT2D eigenvalue weighted by atomic mass is 10.2. The van der Waals surface area contributed by atoms with Crippen molar-refractivity contribution in [1.82, 2.24) is 0 Å². The van der Waals surface area contributed by atoms with Crippen molar-refractivity contribution in [3.63, 3.8) is 0 Å². The first-order valence-corrected chi connectivity index (χ1v) is 7.40. The zero-order valence-electron chi connectivity index (χ0n) is 12.3. The van der Waals surface area contributed by atoms with Crippen LogP contribution in [0.15, 0.2) is 36.4 Å². The van der Waals surface area contributed by atoms with Gasteiger partial charge in [-0.25, -0.2) is 0 Å². The van der Waals surface area contributed by atoms with E-state index >= 15 is 0 Å². The molecule has 0 radical (unpaired) electrons. The number of benzene rings is 2. The number of nitro groups is 1. The number of carbonyl (C=O) groups is 1. The summed E-state index contributed by atoms with van der Waals surface area (Å²) < 4.78 is 18.7. The predicted octanol–water partition coefficient (Wildman–Crippen LogP) is 4.45. The summed E-state index contributed by atoms with van der Waals surface area (Å²) >= 11 is 11.7. The molecule has 0 aliphatic heterocycles. The molecule has 2 aromatic carbocycles. The van der Waals surface area contributed by atoms with E-state index in [4.69, 9.17) is 27.9 Å². The molecule has 1 amide bonds. The Morgan fingerprint density at radius 2 is 2.00 bits per heavy atom. The highest BCUT2D eigenvalue weighted by atomic mass is 35.5. The summed E-state index contributed by atoms with van der Waals surface area (Å²) in [4.78, 5) is 21.9. The molecule has 0 saturated heterocycles. The Morgan fingerprint density at radius 3 is 2.62 bits per heavy atom. The summed E-state index contributed by atoms with van der Waals surface area (Å²) in [7, 11) is 0. The molecule has 0 fully saturated rings. The SMILES string of the molecule is C[C@@H](Oc1ccc(Cl)cc1Cl)C(=O)Nc1ccc(F)c([N+](=O)[O-])c1. The highest BCUT2D eigenvalue weighted by molar-refractivity contribution is 6.35. The van der Waals surface area contributed by atoms with Crippen molar-refractivity contribution < 1.29 is 18.8 Å². The zero-order valence-corrected chi connectivity index (χ0v) is 13.8. The van der Waals surface area contributed by atoms with Gasteiger partial charge in [0.15, 0.2) is 6.10 Å². The van der Waals surface area contributed by atoms with Crippen LogP contribution in [-0.4, -0.2) is 16.9 Å². The van der Waals surface area contributed by atoms with E-state index in [1.807, 2.05) is 0 Å². The van der Waals surface area contributed by atoms with Crippen molar-refractivity contribution in [3.05, 3.63) is 62.4 Å². The Hall–Kier alpha value is -2.38. The molecule has 1 N–H and O–H groups in total. The van der Waals surface area contributed by atoms with Crippen molar-refractivity contribution in [3.8, 4) is 5.75 Å². The lowest BCUT2D eigenvalue weighted by Crippen LogP contribution is -2.30. The van der Waals surface area contributed by atoms with Crippen molar-refractivity contribution in [2.45, 2.75) is 13.0 Å². The van der Waals surface area contributed by atoms with E-state index in [0.717, 1.165) is 12.1 Å². The second-order valence-corrected chi connectivity index (χ2v) is 5.59. The van der Waals surface area contributed by atoms with Crippen molar-refractivity contribution >= 4 is 40.5 Å². The summed E-state index contributed by atoms with van der Waals surface area (Å²) in [5.41, 5.74) is -0.659. The number of ether oxygens (including phenoxy) is 1. The van der Waals surface area contributed by atoms with E-state index in [9.17, 15) is 19.3 Å². The van der Waals surface area contributed by atoms with E-state index in [1.165, 1.54) is 25.1 Å². The standard InChI is InChI=1S/C15H11Cl2FN2O4/c1-8(24-14-5-2-9(16)6-11(14)17)15(21)19-10-3-4-12(18)13(7-10)20(22)23/h2-8H,1H3,(H,19,21)/t8-/m1/s1. The quantitative estimate of drug-likeness (QED) is 0.620. The van der Waals surface area contributed by atoms with Gasteiger partial charge in [0.25, 0.3) is 5.91 Å². The Bertz CT molecular complexity index is 801. The second kappa shape index (κ2) is 7.46. The first kappa shape index (κ1) is 18.0. The van der Waals surface area contributed by atoms with Gasteiger partial charge in [0.05, 0.1) is 9.95 Å². The number of anilines is 1. The number of nitro benzene ring substituents is 1. The number of carbonyl (C=O) groups excluding carboxylic acids is 1. The Morgan fingerprint density at radius 1 is 1.29 bits per heavy atom. The fourth-order valence-electron chi connectivity index (χ4n) is 1.79. The molecule has 126 valence electrons. The van der Waals surface area contributed by atoms with Crippen LogP contribution in [0.3, 0.4) is 0 Å². The van der Waals surface area contributed by atoms with Gasteiger partial charge in [0.1, 0.15) is 5.75 Å². The number of hydrogen-bond donors (Lipinski definition) is 1. The molecule has 24 heavy (non-hydrogen) atoms. The van der Waals surface area contributed by atoms with Crippen LogP contribution < -0.4 is 10.1 Å². The average molecular weight is 373 g/mol. The first-order valence-electron chi connectivity index (χ1n) is 6.64. The molecular formula is C15H11Cl2FN2O4. The number of halogens is 3. The average Bonchev–Trinajstić information content (AvgIpc) is 2.51. The van der Waals surface area contributed by atoms with Crippen LogP contribution in [0.2, 0.25) is 10.0 Å². The maximum absolute atomic E-state index is 13.3. The Balaban J connectivity index is 2.09. The van der Waals surface area contributed by atoms with Gasteiger partial charge in [-0.1, -0.05) is 23.2 Å². The topological polar surface area (TPSA) is 81.5 Å². The van der Waals surface area contributed by atoms with Gasteiger partial charge in [-0.15, -0.1) is 0 Å². The van der Waals surface area contributed by atoms with Crippen LogP contribution in [-0.2, 0) is 4.79 Å². The molecule has 1 atom stereocenters. The number of nitrogens with one attached hydrogen (secondary N) is 1. The molecule has 0 spiro atoms. The molecule has 0 aromatic heterocycles. The lowest BCUT2D eigenvalue weighted by molar-refractivity contribution is -0.387. The fourth-order valence-corrected chi connectivity index (χ4v) is 2.24. The van der Waals surface area contributed by atoms with E-state index in [2.05, 4.69) is 5.32 Å². The van der Waals surface area contributed by atoms with Gasteiger partial charge in [0, 0.05) is 16.8 Å². The van der Waals surface area contributed by atoms with E-state index in [1.54, 1.807) is 6.07 Å². The molecule has 0 bridgehead atoms. The number of amides is 1. The van der Waals surface area contributed by atoms with Crippen molar-refractivity contribution in [2.24, 2.45) is 0 Å². The maximum atomic E-state index is 13.3. The Labute approximate surface area is 146 Å². The lowest BCUT2D eigenvalue weighted by Gasteiger charge is -2.15. The van der Waals surface area contributed by atoms with Crippen LogP contribution in [0.4, 0.5) is 15.8 Å². The van der Waals surface area contributed by atoms with Gasteiger partial charge in [0.2, 0.25) is 5.82 Å². The van der Waals surface area contributed by atoms with Crippen LogP contribution >= 0.6 is 23.2 Å². The van der Waals surface area contributed by atoms with Gasteiger partial charge >= 0.3 is 5.69 Å². The Kier molecular flexibility index (Phi) is 5.58. The van der Waals surface area contributed by atoms with Crippen LogP contribution in [0, 0.1) is 15.9 Å². The minimum Gasteiger partial charge on any atom is -0.479 e. The zero-order chi connectivity index (χ0) is 17.9. The molecule has 0 aliphatic rings. The van der Waals surface area contributed by atoms with E-state index < -0.39 is 28.4 Å². The number of nitrogens with zero attached hydrogens (tertiary/aromatic N) is 1. The molecule has 2 aromatic rings. The van der Waals surface area contributed by atoms with Crippen LogP contribution in [0.25, 0.3) is 0 Å². The summed E-state index contributed by atoms with van der Waals surface area (Å²) in [6, 6.07) is 7.56. The second-order valence-electron chi connectivity index (χ2n) is 4.75. The van der Waals surface area contributed by atoms with Crippen LogP contribution in [0.1, 0.15) is 6.92 Å².